The molecule has 22 heavy (non-hydrogen) atoms. The van der Waals surface area contributed by atoms with Crippen LogP contribution in [0.4, 0.5) is 9.59 Å². The highest BCUT2D eigenvalue weighted by atomic mass is 16.7. The van der Waals surface area contributed by atoms with Crippen LogP contribution in [0.1, 0.15) is 37.3 Å². The predicted molar refractivity (Wildman–Crippen MR) is 83.1 cm³/mol. The minimum Gasteiger partial charge on any atom is -0.490 e. The summed E-state index contributed by atoms with van der Waals surface area (Å²) in [7, 11) is 1.62. The first-order valence-electron chi connectivity index (χ1n) is 6.84. The number of benzene rings is 1. The molecule has 8 heteroatoms. The zero-order chi connectivity index (χ0) is 16.3. The van der Waals surface area contributed by atoms with Crippen LogP contribution in [0.25, 0.3) is 0 Å². The van der Waals surface area contributed by atoms with Crippen LogP contribution >= 0.6 is 0 Å². The lowest BCUT2D eigenvalue weighted by Gasteiger charge is -2.20. The Morgan fingerprint density at radius 2 is 1.91 bits per heavy atom. The van der Waals surface area contributed by atoms with Gasteiger partial charge in [-0.1, -0.05) is 37.2 Å². The van der Waals surface area contributed by atoms with Gasteiger partial charge in [-0.3, -0.25) is 9.59 Å². The number of hydrogen-bond donors (Lipinski definition) is 2. The van der Waals surface area contributed by atoms with Crippen molar-refractivity contribution in [3.8, 4) is 0 Å². The summed E-state index contributed by atoms with van der Waals surface area (Å²) in [6.07, 6.45) is 0.0626. The maximum Gasteiger partial charge on any atom is 0.310 e. The lowest BCUT2D eigenvalue weighted by atomic mass is 9.39. The molecule has 1 aliphatic rings. The topological polar surface area (TPSA) is 96.2 Å². The van der Waals surface area contributed by atoms with Gasteiger partial charge < -0.3 is 15.1 Å². The Morgan fingerprint density at radius 1 is 1.27 bits per heavy atom. The van der Waals surface area contributed by atoms with E-state index in [9.17, 15) is 9.59 Å². The van der Waals surface area contributed by atoms with Crippen LogP contribution in [0, 0.1) is 0 Å². The molecular formula is C14H15B2NO5. The summed E-state index contributed by atoms with van der Waals surface area (Å²) in [5.41, 5.74) is 2.44. The van der Waals surface area contributed by atoms with Crippen LogP contribution in [-0.4, -0.2) is 47.6 Å². The Balaban J connectivity index is 2.23. The van der Waals surface area contributed by atoms with E-state index in [1.165, 1.54) is 0 Å². The van der Waals surface area contributed by atoms with Gasteiger partial charge in [-0.2, -0.15) is 0 Å². The summed E-state index contributed by atoms with van der Waals surface area (Å²) in [5.74, 6) is -2.18. The summed E-state index contributed by atoms with van der Waals surface area (Å²) < 4.78 is 0. The minimum atomic E-state index is -1.55. The van der Waals surface area contributed by atoms with Crippen LogP contribution < -0.4 is 0 Å². The third-order valence-electron chi connectivity index (χ3n) is 3.39. The standard InChI is InChI=1S/C14H15B2NO5/c1-8(2)9-4-3-5-10(6-9)11-7-14(22-17-11,15-12(18)19)16-13(20)21/h3-6,8H,7H2,1-2H3,(H,18,19)(H,20,21). The van der Waals surface area contributed by atoms with Crippen molar-refractivity contribution in [1.82, 2.24) is 0 Å². The average Bonchev–Trinajstić information content (AvgIpc) is 2.80. The third kappa shape index (κ3) is 3.69. The van der Waals surface area contributed by atoms with Crippen molar-refractivity contribution in [3.05, 3.63) is 35.4 Å². The highest BCUT2D eigenvalue weighted by molar-refractivity contribution is 6.90. The van der Waals surface area contributed by atoms with Crippen LogP contribution in [0.15, 0.2) is 29.4 Å². The molecule has 0 aliphatic carbocycles. The highest BCUT2D eigenvalue weighted by Gasteiger charge is 2.46. The molecule has 1 aromatic rings. The SMILES string of the molecule is CC(C)c1cccc(C2=NOC([B]C(=O)O)([B]C(=O)O)C2)c1. The summed E-state index contributed by atoms with van der Waals surface area (Å²) in [4.78, 5) is 27.0. The molecule has 6 nitrogen and oxygen atoms in total. The second kappa shape index (κ2) is 6.25. The van der Waals surface area contributed by atoms with Gasteiger partial charge in [-0.25, -0.2) is 0 Å². The molecular weight excluding hydrogens is 284 g/mol. The maximum atomic E-state index is 10.9. The fourth-order valence-electron chi connectivity index (χ4n) is 2.31. The molecule has 0 saturated heterocycles. The van der Waals surface area contributed by atoms with E-state index in [-0.39, 0.29) is 6.42 Å². The van der Waals surface area contributed by atoms with E-state index in [1.54, 1.807) is 0 Å². The van der Waals surface area contributed by atoms with E-state index in [4.69, 9.17) is 15.1 Å². The van der Waals surface area contributed by atoms with E-state index in [0.29, 0.717) is 11.6 Å². The van der Waals surface area contributed by atoms with Gasteiger partial charge in [-0.05, 0) is 23.1 Å². The van der Waals surface area contributed by atoms with Gasteiger partial charge >= 0.3 is 14.6 Å². The molecule has 1 aliphatic heterocycles. The zero-order valence-corrected chi connectivity index (χ0v) is 12.3. The van der Waals surface area contributed by atoms with E-state index < -0.39 is 17.1 Å². The molecule has 112 valence electrons. The summed E-state index contributed by atoms with van der Waals surface area (Å²) in [5, 5.41) is 20.2. The molecule has 0 fully saturated rings. The predicted octanol–water partition coefficient (Wildman–Crippen LogP) is 2.35. The number of carboxylic acid groups (broad SMARTS) is 2. The fraction of sp³-hybridized carbons (Fsp3) is 0.357. The molecule has 0 saturated carbocycles. The Bertz CT molecular complexity index is 613. The lowest BCUT2D eigenvalue weighted by molar-refractivity contribution is 0.104. The summed E-state index contributed by atoms with van der Waals surface area (Å²) >= 11 is 0. The van der Waals surface area contributed by atoms with E-state index in [2.05, 4.69) is 19.0 Å². The third-order valence-corrected chi connectivity index (χ3v) is 3.39. The number of carbonyl (C=O) groups is 2. The second-order valence-corrected chi connectivity index (χ2v) is 5.51. The van der Waals surface area contributed by atoms with Crippen LogP contribution in [0.3, 0.4) is 0 Å². The van der Waals surface area contributed by atoms with Gasteiger partial charge in [0.2, 0.25) is 11.7 Å². The van der Waals surface area contributed by atoms with Crippen LogP contribution in [0.2, 0.25) is 0 Å². The van der Waals surface area contributed by atoms with Gasteiger partial charge in [0, 0.05) is 6.42 Å². The van der Waals surface area contributed by atoms with Crippen molar-refractivity contribution in [2.75, 3.05) is 0 Å². The van der Waals surface area contributed by atoms with Gasteiger partial charge in [0.15, 0.2) is 0 Å². The molecule has 2 rings (SSSR count). The minimum absolute atomic E-state index is 0.0626. The monoisotopic (exact) mass is 299 g/mol. The maximum absolute atomic E-state index is 10.9. The average molecular weight is 299 g/mol. The molecule has 1 heterocycles. The smallest absolute Gasteiger partial charge is 0.310 e. The van der Waals surface area contributed by atoms with E-state index in [1.807, 2.05) is 24.3 Å². The Morgan fingerprint density at radius 3 is 2.45 bits per heavy atom. The van der Waals surface area contributed by atoms with Gasteiger partial charge in [0.05, 0.1) is 5.71 Å². The lowest BCUT2D eigenvalue weighted by Crippen LogP contribution is -2.49. The molecule has 0 aromatic heterocycles. The van der Waals surface area contributed by atoms with Crippen molar-refractivity contribution in [3.63, 3.8) is 0 Å². The molecule has 0 atom stereocenters. The number of nitrogens with zero attached hydrogens (tertiary/aromatic N) is 1. The first kappa shape index (κ1) is 16.1. The first-order valence-corrected chi connectivity index (χ1v) is 6.84. The molecule has 1 aromatic carbocycles. The Hall–Kier alpha value is -2.24. The Kier molecular flexibility index (Phi) is 4.59. The normalized spacial score (nSPS) is 15.9. The molecule has 0 bridgehead atoms. The zero-order valence-electron chi connectivity index (χ0n) is 12.3. The number of hydrogen-bond acceptors (Lipinski definition) is 4. The number of oxime groups is 1. The van der Waals surface area contributed by atoms with Crippen molar-refractivity contribution in [1.29, 1.82) is 0 Å². The molecule has 0 amide bonds. The van der Waals surface area contributed by atoms with Crippen molar-refractivity contribution in [2.24, 2.45) is 5.16 Å². The quantitative estimate of drug-likeness (QED) is 0.786. The highest BCUT2D eigenvalue weighted by Crippen LogP contribution is 2.27. The van der Waals surface area contributed by atoms with Gasteiger partial charge in [-0.15, -0.1) is 0 Å². The summed E-state index contributed by atoms with van der Waals surface area (Å²) in [6, 6.07) is 7.66. The summed E-state index contributed by atoms with van der Waals surface area (Å²) in [6.45, 7) is 4.12. The van der Waals surface area contributed by atoms with Crippen molar-refractivity contribution < 1.29 is 24.6 Å². The molecule has 2 radical (unpaired) electrons. The molecule has 2 N–H and O–H groups in total. The number of rotatable bonds is 6. The van der Waals surface area contributed by atoms with Crippen molar-refractivity contribution in [2.45, 2.75) is 31.6 Å². The fourth-order valence-corrected chi connectivity index (χ4v) is 2.31. The largest absolute Gasteiger partial charge is 0.490 e. The van der Waals surface area contributed by atoms with Crippen LogP contribution in [0.5, 0.6) is 0 Å². The van der Waals surface area contributed by atoms with E-state index >= 15 is 0 Å². The van der Waals surface area contributed by atoms with E-state index in [0.717, 1.165) is 25.7 Å². The van der Waals surface area contributed by atoms with Crippen LogP contribution in [-0.2, 0) is 4.84 Å². The molecule has 0 unspecified atom stereocenters. The first-order chi connectivity index (χ1) is 10.3. The second-order valence-electron chi connectivity index (χ2n) is 5.51. The van der Waals surface area contributed by atoms with Gasteiger partial charge in [0.1, 0.15) is 5.40 Å². The Labute approximate surface area is 129 Å². The molecule has 0 spiro atoms. The van der Waals surface area contributed by atoms with Gasteiger partial charge in [0.25, 0.3) is 0 Å². The van der Waals surface area contributed by atoms with Crippen molar-refractivity contribution >= 4 is 32.0 Å².